The standard InChI is InChI=1S/C8H5Cl2O2.In.2H/c1-5(11)12-8-4-6(9)2-3-7(8)10;;;/h2,4H,1H3;;;. The van der Waals surface area contributed by atoms with E-state index in [0.717, 1.165) is 3.32 Å². The van der Waals surface area contributed by atoms with Gasteiger partial charge in [0.2, 0.25) is 0 Å². The molecule has 0 spiro atoms. The Kier molecular flexibility index (Phi) is 3.95. The molecule has 0 saturated carbocycles. The second-order valence-electron chi connectivity index (χ2n) is 2.63. The molecule has 0 N–H and O–H groups in total. The van der Waals surface area contributed by atoms with Gasteiger partial charge in [0.1, 0.15) is 0 Å². The molecule has 68 valence electrons. The Balaban J connectivity index is 3.12. The monoisotopic (exact) mass is 320 g/mol. The second-order valence-corrected chi connectivity index (χ2v) is 6.52. The van der Waals surface area contributed by atoms with E-state index in [9.17, 15) is 4.79 Å². The van der Waals surface area contributed by atoms with Crippen molar-refractivity contribution in [2.24, 2.45) is 0 Å². The summed E-state index contributed by atoms with van der Waals surface area (Å²) in [5.74, 6) is -0.0327. The van der Waals surface area contributed by atoms with Crippen molar-refractivity contribution in [3.8, 4) is 5.75 Å². The maximum atomic E-state index is 10.7. The van der Waals surface area contributed by atoms with Gasteiger partial charge in [-0.3, -0.25) is 0 Å². The average Bonchev–Trinajstić information content (AvgIpc) is 1.98. The molecule has 0 amide bonds. The Bertz CT molecular complexity index is 352. The number of hydrogen-bond donors (Lipinski definition) is 0. The molecule has 0 bridgehead atoms. The molecule has 0 heterocycles. The van der Waals surface area contributed by atoms with Gasteiger partial charge in [0.25, 0.3) is 0 Å². The van der Waals surface area contributed by atoms with Crippen molar-refractivity contribution in [3.63, 3.8) is 0 Å². The molecule has 0 fully saturated rings. The molecule has 0 aromatic heterocycles. The van der Waals surface area contributed by atoms with Crippen molar-refractivity contribution in [3.05, 3.63) is 22.2 Å². The van der Waals surface area contributed by atoms with E-state index in [1.165, 1.54) is 6.92 Å². The van der Waals surface area contributed by atoms with E-state index in [1.807, 2.05) is 0 Å². The third kappa shape index (κ3) is 3.08. The summed E-state index contributed by atoms with van der Waals surface area (Å²) in [6.07, 6.45) is 0. The number of benzene rings is 1. The Labute approximate surface area is 101 Å². The summed E-state index contributed by atoms with van der Waals surface area (Å²) in [6, 6.07) is 3.34. The van der Waals surface area contributed by atoms with Gasteiger partial charge in [-0.1, -0.05) is 0 Å². The van der Waals surface area contributed by atoms with Crippen LogP contribution in [0.3, 0.4) is 0 Å². The summed E-state index contributed by atoms with van der Waals surface area (Å²) >= 11 is 12.0. The fraction of sp³-hybridized carbons (Fsp3) is 0.125. The molecule has 1 aromatic carbocycles. The van der Waals surface area contributed by atoms with Crippen LogP contribution in [0.4, 0.5) is 0 Å². The summed E-state index contributed by atoms with van der Waals surface area (Å²) < 4.78 is 5.88. The zero-order valence-electron chi connectivity index (χ0n) is 7.23. The first kappa shape index (κ1) is 11.2. The molecule has 2 nitrogen and oxygen atoms in total. The van der Waals surface area contributed by atoms with Crippen LogP contribution < -0.4 is 8.06 Å². The molecule has 5 heteroatoms. The van der Waals surface area contributed by atoms with E-state index in [0.29, 0.717) is 15.8 Å². The third-order valence-electron chi connectivity index (χ3n) is 1.44. The summed E-state index contributed by atoms with van der Waals surface area (Å²) in [4.78, 5) is 10.7. The van der Waals surface area contributed by atoms with Crippen LogP contribution >= 0.6 is 23.2 Å². The van der Waals surface area contributed by atoms with E-state index in [-0.39, 0.29) is 24.4 Å². The summed E-state index contributed by atoms with van der Waals surface area (Å²) in [6.45, 7) is 1.33. The molecule has 1 rings (SSSR count). The quantitative estimate of drug-likeness (QED) is 0.574. The molecule has 0 saturated heterocycles. The molecular formula is C8H7Cl2InO2. The summed E-state index contributed by atoms with van der Waals surface area (Å²) in [5.41, 5.74) is 0. The van der Waals surface area contributed by atoms with Gasteiger partial charge in [0, 0.05) is 0 Å². The van der Waals surface area contributed by atoms with Gasteiger partial charge in [-0.15, -0.1) is 0 Å². The fourth-order valence-electron chi connectivity index (χ4n) is 0.924. The fourth-order valence-corrected chi connectivity index (χ4v) is 3.45. The summed E-state index contributed by atoms with van der Waals surface area (Å²) in [5, 5.41) is 1.06. The zero-order chi connectivity index (χ0) is 10.0. The predicted octanol–water partition coefficient (Wildman–Crippen LogP) is 1.18. The van der Waals surface area contributed by atoms with Gasteiger partial charge in [-0.2, -0.15) is 0 Å². The minimum absolute atomic E-state index is 0.240. The topological polar surface area (TPSA) is 26.3 Å². The van der Waals surface area contributed by atoms with Gasteiger partial charge in [0.15, 0.2) is 0 Å². The van der Waals surface area contributed by atoms with Gasteiger partial charge < -0.3 is 0 Å². The van der Waals surface area contributed by atoms with Crippen LogP contribution in [0.2, 0.25) is 10.0 Å². The van der Waals surface area contributed by atoms with Crippen molar-refractivity contribution in [1.29, 1.82) is 0 Å². The molecule has 13 heavy (non-hydrogen) atoms. The SMILES string of the molecule is CC(=O)Oc1cc(Cl)c[c]([InH2])c1Cl. The number of esters is 1. The zero-order valence-corrected chi connectivity index (χ0v) is 14.4. The second kappa shape index (κ2) is 4.58. The first-order valence-electron chi connectivity index (χ1n) is 3.65. The number of hydrogen-bond acceptors (Lipinski definition) is 2. The van der Waals surface area contributed by atoms with Crippen LogP contribution in [0.25, 0.3) is 0 Å². The van der Waals surface area contributed by atoms with Gasteiger partial charge >= 0.3 is 101 Å². The average molecular weight is 321 g/mol. The Morgan fingerprint density at radius 2 is 2.08 bits per heavy atom. The van der Waals surface area contributed by atoms with E-state index in [1.54, 1.807) is 12.1 Å². The van der Waals surface area contributed by atoms with Crippen LogP contribution in [0.1, 0.15) is 6.92 Å². The van der Waals surface area contributed by atoms with Crippen LogP contribution in [-0.4, -0.2) is 30.3 Å². The normalized spacial score (nSPS) is 9.77. The molecule has 0 radical (unpaired) electrons. The maximum absolute atomic E-state index is 10.7. The first-order valence-corrected chi connectivity index (χ1v) is 7.26. The Morgan fingerprint density at radius 3 is 2.62 bits per heavy atom. The molecule has 1 aromatic rings. The van der Waals surface area contributed by atoms with Crippen LogP contribution in [-0.2, 0) is 4.79 Å². The predicted molar refractivity (Wildman–Crippen MR) is 55.9 cm³/mol. The Hall–Kier alpha value is 0.140. The van der Waals surface area contributed by atoms with Crippen molar-refractivity contribution in [1.82, 2.24) is 0 Å². The minimum atomic E-state index is -0.390. The van der Waals surface area contributed by atoms with Crippen LogP contribution in [0.15, 0.2) is 12.1 Å². The number of rotatable bonds is 1. The molecule has 0 unspecified atom stereocenters. The van der Waals surface area contributed by atoms with E-state index in [2.05, 4.69) is 0 Å². The van der Waals surface area contributed by atoms with E-state index >= 15 is 0 Å². The van der Waals surface area contributed by atoms with E-state index in [4.69, 9.17) is 27.9 Å². The number of carbonyl (C=O) groups is 1. The summed E-state index contributed by atoms with van der Waals surface area (Å²) in [7, 11) is 0. The van der Waals surface area contributed by atoms with Crippen LogP contribution in [0.5, 0.6) is 5.75 Å². The van der Waals surface area contributed by atoms with Crippen molar-refractivity contribution in [2.75, 3.05) is 0 Å². The van der Waals surface area contributed by atoms with Gasteiger partial charge in [-0.05, 0) is 0 Å². The van der Waals surface area contributed by atoms with Crippen molar-refractivity contribution in [2.45, 2.75) is 6.92 Å². The van der Waals surface area contributed by atoms with Gasteiger partial charge in [0.05, 0.1) is 0 Å². The molecule has 0 aliphatic heterocycles. The van der Waals surface area contributed by atoms with Crippen molar-refractivity contribution >= 4 is 56.9 Å². The Morgan fingerprint density at radius 1 is 1.46 bits per heavy atom. The van der Waals surface area contributed by atoms with Crippen molar-refractivity contribution < 1.29 is 9.53 Å². The number of ether oxygens (including phenoxy) is 1. The molecule has 0 atom stereocenters. The third-order valence-corrected chi connectivity index (χ3v) is 5.30. The number of carbonyl (C=O) groups excluding carboxylic acids is 1. The van der Waals surface area contributed by atoms with Gasteiger partial charge in [-0.25, -0.2) is 0 Å². The molecule has 0 aliphatic carbocycles. The first-order chi connectivity index (χ1) is 6.00. The van der Waals surface area contributed by atoms with E-state index < -0.39 is 5.97 Å². The van der Waals surface area contributed by atoms with Crippen LogP contribution in [0, 0.1) is 0 Å². The number of halogens is 2. The molecular weight excluding hydrogens is 314 g/mol. The molecule has 0 aliphatic rings.